The molecule has 35 heavy (non-hydrogen) atoms. The number of nitrogens with one attached hydrogen (secondary N) is 2. The van der Waals surface area contributed by atoms with Gasteiger partial charge < -0.3 is 15.4 Å². The zero-order valence-corrected chi connectivity index (χ0v) is 19.7. The highest BCUT2D eigenvalue weighted by Crippen LogP contribution is 2.50. The van der Waals surface area contributed by atoms with Crippen LogP contribution in [0.2, 0.25) is 0 Å². The molecule has 0 fully saturated rings. The lowest BCUT2D eigenvalue weighted by Crippen LogP contribution is -2.30. The van der Waals surface area contributed by atoms with Crippen LogP contribution in [-0.2, 0) is 0 Å². The third-order valence-corrected chi connectivity index (χ3v) is 7.20. The smallest absolute Gasteiger partial charge is 0.257 e. The number of amides is 1. The summed E-state index contributed by atoms with van der Waals surface area (Å²) in [5, 5.41) is 9.33. The summed E-state index contributed by atoms with van der Waals surface area (Å²) >= 11 is 0. The van der Waals surface area contributed by atoms with Gasteiger partial charge in [0.2, 0.25) is 0 Å². The molecule has 3 unspecified atom stereocenters. The molecule has 0 bridgehead atoms. The number of fused-ring (bicyclic) bond motifs is 4. The van der Waals surface area contributed by atoms with Crippen LogP contribution in [0.4, 0.5) is 11.4 Å². The molecule has 0 aromatic heterocycles. The van der Waals surface area contributed by atoms with Gasteiger partial charge in [-0.25, -0.2) is 0 Å². The third kappa shape index (κ3) is 3.95. The molecule has 6 rings (SSSR count). The van der Waals surface area contributed by atoms with Crippen molar-refractivity contribution in [2.24, 2.45) is 5.92 Å². The Morgan fingerprint density at radius 1 is 0.971 bits per heavy atom. The van der Waals surface area contributed by atoms with Crippen molar-refractivity contribution in [1.82, 2.24) is 0 Å². The second-order valence-electron chi connectivity index (χ2n) is 9.26. The third-order valence-electron chi connectivity index (χ3n) is 7.20. The first-order chi connectivity index (χ1) is 17.2. The van der Waals surface area contributed by atoms with E-state index in [0.717, 1.165) is 23.5 Å². The van der Waals surface area contributed by atoms with Crippen LogP contribution in [0.15, 0.2) is 97.1 Å². The molecule has 0 spiro atoms. The maximum Gasteiger partial charge on any atom is 0.257 e. The van der Waals surface area contributed by atoms with E-state index in [9.17, 15) is 4.79 Å². The molecule has 1 aliphatic heterocycles. The van der Waals surface area contributed by atoms with Crippen LogP contribution in [-0.4, -0.2) is 12.5 Å². The first kappa shape index (κ1) is 21.5. The van der Waals surface area contributed by atoms with E-state index in [1.54, 1.807) is 0 Å². The van der Waals surface area contributed by atoms with Crippen molar-refractivity contribution in [2.45, 2.75) is 25.3 Å². The number of para-hydroxylation sites is 1. The van der Waals surface area contributed by atoms with Gasteiger partial charge >= 0.3 is 0 Å². The highest BCUT2D eigenvalue weighted by molar-refractivity contribution is 6.08. The number of ether oxygens (including phenoxy) is 1. The summed E-state index contributed by atoms with van der Waals surface area (Å²) in [6, 6.07) is 28.9. The van der Waals surface area contributed by atoms with E-state index < -0.39 is 0 Å². The van der Waals surface area contributed by atoms with Crippen molar-refractivity contribution in [1.29, 1.82) is 0 Å². The predicted octanol–water partition coefficient (Wildman–Crippen LogP) is 7.32. The molecule has 4 heteroatoms. The summed E-state index contributed by atoms with van der Waals surface area (Å²) in [7, 11) is 0. The second-order valence-corrected chi connectivity index (χ2v) is 9.26. The fraction of sp³-hybridized carbons (Fsp3) is 0.194. The Morgan fingerprint density at radius 2 is 1.80 bits per heavy atom. The largest absolute Gasteiger partial charge is 0.494 e. The van der Waals surface area contributed by atoms with E-state index in [4.69, 9.17) is 4.74 Å². The Morgan fingerprint density at radius 3 is 2.63 bits per heavy atom. The minimum Gasteiger partial charge on any atom is -0.494 e. The normalized spacial score (nSPS) is 20.1. The van der Waals surface area contributed by atoms with Gasteiger partial charge in [0.15, 0.2) is 0 Å². The summed E-state index contributed by atoms with van der Waals surface area (Å²) in [4.78, 5) is 13.4. The van der Waals surface area contributed by atoms with E-state index >= 15 is 0 Å². The quantitative estimate of drug-likeness (QED) is 0.307. The zero-order valence-electron chi connectivity index (χ0n) is 19.7. The fourth-order valence-corrected chi connectivity index (χ4v) is 5.54. The number of carbonyl (C=O) groups excluding carboxylic acids is 1. The van der Waals surface area contributed by atoms with E-state index in [0.29, 0.717) is 24.0 Å². The number of benzene rings is 4. The van der Waals surface area contributed by atoms with Crippen LogP contribution >= 0.6 is 0 Å². The van der Waals surface area contributed by atoms with Gasteiger partial charge in [0.1, 0.15) is 5.75 Å². The lowest BCUT2D eigenvalue weighted by molar-refractivity contribution is 0.102. The van der Waals surface area contributed by atoms with Gasteiger partial charge in [0.25, 0.3) is 5.91 Å². The number of hydrogen-bond donors (Lipinski definition) is 2. The molecule has 4 aromatic carbocycles. The van der Waals surface area contributed by atoms with Gasteiger partial charge in [0.05, 0.1) is 23.9 Å². The van der Waals surface area contributed by atoms with Crippen molar-refractivity contribution in [3.05, 3.63) is 114 Å². The molecule has 4 nitrogen and oxygen atoms in total. The number of carbonyl (C=O) groups is 1. The molecular weight excluding hydrogens is 432 g/mol. The predicted molar refractivity (Wildman–Crippen MR) is 142 cm³/mol. The molecule has 1 heterocycles. The Hall–Kier alpha value is -4.05. The standard InChI is InChI=1S/C31H28N2O2/c1-2-35-24-17-15-23(16-18-24)32-31(34)28-12-6-11-27-25-9-5-10-26(25)29(33-30(27)28)22-14-13-20-7-3-4-8-21(20)19-22/h3-9,11-19,25-26,29,33H,2,10H2,1H3,(H,32,34). The van der Waals surface area contributed by atoms with E-state index in [1.807, 2.05) is 43.3 Å². The van der Waals surface area contributed by atoms with Crippen LogP contribution in [0.5, 0.6) is 5.75 Å². The summed E-state index contributed by atoms with van der Waals surface area (Å²) in [5.74, 6) is 1.40. The minimum atomic E-state index is -0.115. The number of rotatable bonds is 5. The Bertz CT molecular complexity index is 1420. The van der Waals surface area contributed by atoms with E-state index in [-0.39, 0.29) is 11.9 Å². The first-order valence-corrected chi connectivity index (χ1v) is 12.3. The van der Waals surface area contributed by atoms with Crippen molar-refractivity contribution in [3.8, 4) is 5.75 Å². The number of hydrogen-bond acceptors (Lipinski definition) is 3. The molecule has 0 saturated carbocycles. The van der Waals surface area contributed by atoms with Crippen LogP contribution in [0, 0.1) is 5.92 Å². The van der Waals surface area contributed by atoms with Crippen molar-refractivity contribution in [3.63, 3.8) is 0 Å². The van der Waals surface area contributed by atoms with Gasteiger partial charge in [-0.1, -0.05) is 60.7 Å². The fourth-order valence-electron chi connectivity index (χ4n) is 5.54. The monoisotopic (exact) mass is 460 g/mol. The minimum absolute atomic E-state index is 0.115. The topological polar surface area (TPSA) is 50.4 Å². The molecule has 1 aliphatic carbocycles. The molecule has 2 N–H and O–H groups in total. The Kier molecular flexibility index (Phi) is 5.49. The SMILES string of the molecule is CCOc1ccc(NC(=O)c2cccc3c2NC(c2ccc4ccccc4c2)C2CC=CC32)cc1. The van der Waals surface area contributed by atoms with E-state index in [1.165, 1.54) is 21.9 Å². The Labute approximate surface area is 205 Å². The molecule has 1 amide bonds. The maximum absolute atomic E-state index is 13.4. The molecule has 3 atom stereocenters. The molecule has 174 valence electrons. The number of allylic oxidation sites excluding steroid dienone is 2. The van der Waals surface area contributed by atoms with Crippen LogP contribution in [0.3, 0.4) is 0 Å². The van der Waals surface area contributed by atoms with Gasteiger partial charge in [-0.2, -0.15) is 0 Å². The average Bonchev–Trinajstić information content (AvgIpc) is 3.39. The molecule has 2 aliphatic rings. The van der Waals surface area contributed by atoms with Crippen LogP contribution < -0.4 is 15.4 Å². The molecule has 0 saturated heterocycles. The zero-order chi connectivity index (χ0) is 23.8. The average molecular weight is 461 g/mol. The first-order valence-electron chi connectivity index (χ1n) is 12.3. The van der Waals surface area contributed by atoms with Gasteiger partial charge in [-0.05, 0) is 77.6 Å². The van der Waals surface area contributed by atoms with Crippen molar-refractivity contribution < 1.29 is 9.53 Å². The maximum atomic E-state index is 13.4. The van der Waals surface area contributed by atoms with Gasteiger partial charge in [-0.3, -0.25) is 4.79 Å². The molecule has 0 radical (unpaired) electrons. The summed E-state index contributed by atoms with van der Waals surface area (Å²) in [6.45, 7) is 2.57. The van der Waals surface area contributed by atoms with Gasteiger partial charge in [0, 0.05) is 11.6 Å². The summed E-state index contributed by atoms with van der Waals surface area (Å²) in [6.07, 6.45) is 5.62. The second kappa shape index (κ2) is 8.95. The molecule has 4 aromatic rings. The highest BCUT2D eigenvalue weighted by Gasteiger charge is 2.39. The van der Waals surface area contributed by atoms with E-state index in [2.05, 4.69) is 71.3 Å². The number of anilines is 2. The van der Waals surface area contributed by atoms with Crippen molar-refractivity contribution in [2.75, 3.05) is 17.2 Å². The highest BCUT2D eigenvalue weighted by atomic mass is 16.5. The van der Waals surface area contributed by atoms with Crippen LogP contribution in [0.1, 0.15) is 46.8 Å². The Balaban J connectivity index is 1.34. The lowest BCUT2D eigenvalue weighted by Gasteiger charge is -2.38. The summed E-state index contributed by atoms with van der Waals surface area (Å²) < 4.78 is 5.52. The molecular formula is C31H28N2O2. The summed E-state index contributed by atoms with van der Waals surface area (Å²) in [5.41, 5.74) is 4.80. The van der Waals surface area contributed by atoms with Crippen LogP contribution in [0.25, 0.3) is 10.8 Å². The van der Waals surface area contributed by atoms with Gasteiger partial charge in [-0.15, -0.1) is 0 Å². The van der Waals surface area contributed by atoms with Crippen molar-refractivity contribution >= 4 is 28.1 Å². The lowest BCUT2D eigenvalue weighted by atomic mass is 9.76.